The van der Waals surface area contributed by atoms with E-state index in [0.717, 1.165) is 42.4 Å². The minimum absolute atomic E-state index is 0.0938. The fourth-order valence-corrected chi connectivity index (χ4v) is 8.68. The number of thiophene rings is 2. The first-order chi connectivity index (χ1) is 26.9. The molecule has 2 aromatic carbocycles. The number of aromatic nitrogens is 6. The Morgan fingerprint density at radius 3 is 2.15 bits per heavy atom. The van der Waals surface area contributed by atoms with Crippen LogP contribution in [-0.2, 0) is 6.54 Å². The van der Waals surface area contributed by atoms with E-state index in [1.165, 1.54) is 22.7 Å². The average Bonchev–Trinajstić information content (AvgIpc) is 3.98. The van der Waals surface area contributed by atoms with Crippen molar-refractivity contribution in [2.75, 3.05) is 14.1 Å². The van der Waals surface area contributed by atoms with Gasteiger partial charge in [0.1, 0.15) is 38.1 Å². The highest BCUT2D eigenvalue weighted by Crippen LogP contribution is 2.45. The molecule has 1 aliphatic carbocycles. The van der Waals surface area contributed by atoms with Gasteiger partial charge in [-0.1, -0.05) is 24.3 Å². The van der Waals surface area contributed by atoms with Gasteiger partial charge in [0, 0.05) is 52.0 Å². The van der Waals surface area contributed by atoms with Crippen LogP contribution >= 0.6 is 22.7 Å². The van der Waals surface area contributed by atoms with Crippen molar-refractivity contribution in [1.29, 1.82) is 0 Å². The number of rotatable bonds is 10. The van der Waals surface area contributed by atoms with Crippen molar-refractivity contribution < 1.29 is 19.0 Å². The van der Waals surface area contributed by atoms with Crippen molar-refractivity contribution in [1.82, 2.24) is 34.8 Å². The van der Waals surface area contributed by atoms with Crippen molar-refractivity contribution >= 4 is 43.1 Å². The van der Waals surface area contributed by atoms with E-state index in [0.29, 0.717) is 78.5 Å². The number of aromatic hydroxyl groups is 1. The van der Waals surface area contributed by atoms with Gasteiger partial charge in [-0.3, -0.25) is 9.97 Å². The second kappa shape index (κ2) is 14.7. The average molecular weight is 768 g/mol. The lowest BCUT2D eigenvalue weighted by molar-refractivity contribution is 0.211. The monoisotopic (exact) mass is 767 g/mol. The maximum absolute atomic E-state index is 15.3. The van der Waals surface area contributed by atoms with Gasteiger partial charge in [0.05, 0.1) is 17.1 Å². The van der Waals surface area contributed by atoms with Crippen LogP contribution in [0.3, 0.4) is 0 Å². The molecule has 274 valence electrons. The first kappa shape index (κ1) is 34.9. The zero-order valence-electron chi connectivity index (χ0n) is 29.9. The molecule has 0 unspecified atom stereocenters. The second-order valence-corrected chi connectivity index (χ2v) is 15.4. The van der Waals surface area contributed by atoms with Crippen LogP contribution in [0.5, 0.6) is 23.3 Å². The lowest BCUT2D eigenvalue weighted by Crippen LogP contribution is -2.11. The topological polar surface area (TPSA) is 119 Å². The number of hydrogen-bond donors (Lipinski definition) is 1. The van der Waals surface area contributed by atoms with Crippen LogP contribution in [0.1, 0.15) is 31.2 Å². The van der Waals surface area contributed by atoms with Crippen LogP contribution in [0.25, 0.3) is 65.7 Å². The lowest BCUT2D eigenvalue weighted by atomic mass is 10.0. The number of hydrogen-bond acceptors (Lipinski definition) is 12. The third-order valence-electron chi connectivity index (χ3n) is 9.47. The summed E-state index contributed by atoms with van der Waals surface area (Å²) in [6.07, 6.45) is 7.65. The fourth-order valence-electron chi connectivity index (χ4n) is 6.85. The van der Waals surface area contributed by atoms with Gasteiger partial charge in [-0.05, 0) is 93.9 Å². The standard InChI is InChI=1S/C42H34FN7O3S2/c1-50(2)21-25-14-13-24(19-31(25)43)29-22-55-38-35(29)46-40(33-12-6-8-18-45-33)49-42(38)53-27-15-16-34(52-26-9-3-4-10-26)28(20-27)30-23-54-37-36(30)47-39(48-41(37)51)32-11-5-7-17-44-32/h5-8,11-20,22-23,26H,3-4,9-10,21H2,1-2H3,(H,47,48,51). The summed E-state index contributed by atoms with van der Waals surface area (Å²) in [5.41, 5.74) is 5.97. The Morgan fingerprint density at radius 2 is 1.45 bits per heavy atom. The summed E-state index contributed by atoms with van der Waals surface area (Å²) in [6.45, 7) is 0.494. The molecule has 0 amide bonds. The molecule has 0 spiro atoms. The van der Waals surface area contributed by atoms with E-state index in [4.69, 9.17) is 24.4 Å². The molecule has 1 fully saturated rings. The number of ether oxygens (including phenoxy) is 2. The first-order valence-corrected chi connectivity index (χ1v) is 19.7. The maximum atomic E-state index is 15.3. The molecule has 0 bridgehead atoms. The number of nitrogens with zero attached hydrogens (tertiary/aromatic N) is 7. The van der Waals surface area contributed by atoms with Crippen LogP contribution in [0, 0.1) is 5.82 Å². The molecule has 0 saturated heterocycles. The van der Waals surface area contributed by atoms with Gasteiger partial charge < -0.3 is 19.5 Å². The lowest BCUT2D eigenvalue weighted by Gasteiger charge is -2.18. The molecule has 1 N–H and O–H groups in total. The molecule has 13 heteroatoms. The largest absolute Gasteiger partial charge is 0.492 e. The minimum atomic E-state index is -0.278. The minimum Gasteiger partial charge on any atom is -0.492 e. The highest BCUT2D eigenvalue weighted by atomic mass is 32.1. The maximum Gasteiger partial charge on any atom is 0.241 e. The van der Waals surface area contributed by atoms with Crippen LogP contribution in [0.15, 0.2) is 96.0 Å². The Kier molecular flexibility index (Phi) is 9.34. The summed E-state index contributed by atoms with van der Waals surface area (Å²) >= 11 is 2.79. The third kappa shape index (κ3) is 6.97. The van der Waals surface area contributed by atoms with Crippen LogP contribution in [0.4, 0.5) is 4.39 Å². The predicted molar refractivity (Wildman–Crippen MR) is 214 cm³/mol. The number of fused-ring (bicyclic) bond motifs is 2. The van der Waals surface area contributed by atoms with Gasteiger partial charge in [0.25, 0.3) is 0 Å². The van der Waals surface area contributed by atoms with E-state index in [-0.39, 0.29) is 17.8 Å². The molecular formula is C42H34FN7O3S2. The summed E-state index contributed by atoms with van der Waals surface area (Å²) in [5.74, 6) is 1.86. The zero-order valence-corrected chi connectivity index (χ0v) is 31.6. The zero-order chi connectivity index (χ0) is 37.5. The van der Waals surface area contributed by atoms with Crippen LogP contribution < -0.4 is 9.47 Å². The SMILES string of the molecule is CN(C)Cc1ccc(-c2csc3c(Oc4ccc(OC5CCCC5)c(-c5csc6c(O)nc(-c7ccccn7)nc56)c4)nc(-c4ccccn4)nc23)cc1F. The Hall–Kier alpha value is -5.89. The normalized spacial score (nSPS) is 13.3. The Labute approximate surface area is 324 Å². The summed E-state index contributed by atoms with van der Waals surface area (Å²) in [5, 5.41) is 14.9. The van der Waals surface area contributed by atoms with E-state index < -0.39 is 0 Å². The van der Waals surface area contributed by atoms with Crippen LogP contribution in [-0.4, -0.2) is 60.1 Å². The van der Waals surface area contributed by atoms with Crippen LogP contribution in [0.2, 0.25) is 0 Å². The van der Waals surface area contributed by atoms with Gasteiger partial charge >= 0.3 is 0 Å². The number of benzene rings is 2. The molecule has 6 heterocycles. The van der Waals surface area contributed by atoms with E-state index in [2.05, 4.69) is 15.0 Å². The fraction of sp³-hybridized carbons (Fsp3) is 0.190. The summed E-state index contributed by atoms with van der Waals surface area (Å²) < 4.78 is 29.9. The second-order valence-electron chi connectivity index (χ2n) is 13.6. The van der Waals surface area contributed by atoms with E-state index in [9.17, 15) is 5.11 Å². The van der Waals surface area contributed by atoms with E-state index in [1.807, 2.05) is 96.5 Å². The molecule has 1 saturated carbocycles. The first-order valence-electron chi connectivity index (χ1n) is 17.9. The van der Waals surface area contributed by atoms with E-state index >= 15 is 4.39 Å². The highest BCUT2D eigenvalue weighted by molar-refractivity contribution is 7.18. The van der Waals surface area contributed by atoms with Crippen molar-refractivity contribution in [3.05, 3.63) is 107 Å². The molecule has 0 atom stereocenters. The predicted octanol–water partition coefficient (Wildman–Crippen LogP) is 10.2. The van der Waals surface area contributed by atoms with Gasteiger partial charge in [0.2, 0.25) is 11.8 Å². The van der Waals surface area contributed by atoms with Crippen molar-refractivity contribution in [3.8, 4) is 68.5 Å². The van der Waals surface area contributed by atoms with Gasteiger partial charge in [0.15, 0.2) is 11.6 Å². The van der Waals surface area contributed by atoms with E-state index in [1.54, 1.807) is 18.5 Å². The molecule has 6 aromatic heterocycles. The Bertz CT molecular complexity index is 2660. The molecule has 55 heavy (non-hydrogen) atoms. The Morgan fingerprint density at radius 1 is 0.764 bits per heavy atom. The molecule has 9 rings (SSSR count). The highest BCUT2D eigenvalue weighted by Gasteiger charge is 2.24. The summed E-state index contributed by atoms with van der Waals surface area (Å²) in [4.78, 5) is 30.0. The van der Waals surface area contributed by atoms with Gasteiger partial charge in [-0.25, -0.2) is 14.4 Å². The molecule has 0 aliphatic heterocycles. The summed E-state index contributed by atoms with van der Waals surface area (Å²) in [6, 6.07) is 22.1. The Balaban J connectivity index is 1.16. The molecular weight excluding hydrogens is 734 g/mol. The number of halogens is 1. The van der Waals surface area contributed by atoms with Gasteiger partial charge in [-0.15, -0.1) is 22.7 Å². The molecule has 0 radical (unpaired) electrons. The molecule has 1 aliphatic rings. The third-order valence-corrected chi connectivity index (χ3v) is 11.4. The number of pyridine rings is 2. The smallest absolute Gasteiger partial charge is 0.241 e. The van der Waals surface area contributed by atoms with Crippen molar-refractivity contribution in [3.63, 3.8) is 0 Å². The van der Waals surface area contributed by atoms with Crippen molar-refractivity contribution in [2.24, 2.45) is 0 Å². The van der Waals surface area contributed by atoms with Crippen molar-refractivity contribution in [2.45, 2.75) is 38.3 Å². The van der Waals surface area contributed by atoms with Gasteiger partial charge in [-0.2, -0.15) is 9.97 Å². The molecule has 8 aromatic rings. The quantitative estimate of drug-likeness (QED) is 0.144. The summed E-state index contributed by atoms with van der Waals surface area (Å²) in [7, 11) is 3.83. The molecule has 10 nitrogen and oxygen atoms in total.